The van der Waals surface area contributed by atoms with Crippen LogP contribution in [0.25, 0.3) is 0 Å². The highest BCUT2D eigenvalue weighted by atomic mass is 32.1. The fourth-order valence-corrected chi connectivity index (χ4v) is 2.48. The summed E-state index contributed by atoms with van der Waals surface area (Å²) in [5.41, 5.74) is 2.33. The van der Waals surface area contributed by atoms with Gasteiger partial charge < -0.3 is 10.1 Å². The summed E-state index contributed by atoms with van der Waals surface area (Å²) in [5.74, 6) is 1.52. The van der Waals surface area contributed by atoms with E-state index < -0.39 is 0 Å². The standard InChI is InChI=1S/C17H24N2OS/c1-12(2)14(4)18-9-15-11-21-17(19-15)10-20-16-7-5-13(3)6-8-16/h5-8,11-12,14,18H,9-10H2,1-4H3. The summed E-state index contributed by atoms with van der Waals surface area (Å²) in [6.07, 6.45) is 0. The van der Waals surface area contributed by atoms with Gasteiger partial charge in [0.2, 0.25) is 0 Å². The molecule has 1 aromatic heterocycles. The summed E-state index contributed by atoms with van der Waals surface area (Å²) in [4.78, 5) is 4.61. The second-order valence-electron chi connectivity index (χ2n) is 5.75. The fourth-order valence-electron chi connectivity index (χ4n) is 1.78. The minimum absolute atomic E-state index is 0.499. The van der Waals surface area contributed by atoms with Gasteiger partial charge in [-0.15, -0.1) is 11.3 Å². The van der Waals surface area contributed by atoms with E-state index in [-0.39, 0.29) is 0 Å². The van der Waals surface area contributed by atoms with Gasteiger partial charge in [-0.3, -0.25) is 0 Å². The van der Waals surface area contributed by atoms with Crippen molar-refractivity contribution in [2.75, 3.05) is 0 Å². The van der Waals surface area contributed by atoms with Crippen LogP contribution in [0.2, 0.25) is 0 Å². The van der Waals surface area contributed by atoms with E-state index in [0.717, 1.165) is 23.0 Å². The maximum atomic E-state index is 5.75. The van der Waals surface area contributed by atoms with Crippen molar-refractivity contribution in [3.8, 4) is 5.75 Å². The molecule has 0 aliphatic heterocycles. The third-order valence-electron chi connectivity index (χ3n) is 3.59. The zero-order chi connectivity index (χ0) is 15.2. The number of aromatic nitrogens is 1. The fraction of sp³-hybridized carbons (Fsp3) is 0.471. The van der Waals surface area contributed by atoms with Crippen LogP contribution >= 0.6 is 11.3 Å². The molecule has 1 atom stereocenters. The highest BCUT2D eigenvalue weighted by Crippen LogP contribution is 2.16. The van der Waals surface area contributed by atoms with E-state index in [0.29, 0.717) is 18.6 Å². The molecule has 1 unspecified atom stereocenters. The molecule has 0 bridgehead atoms. The second kappa shape index (κ2) is 7.57. The lowest BCUT2D eigenvalue weighted by molar-refractivity contribution is 0.305. The van der Waals surface area contributed by atoms with E-state index in [9.17, 15) is 0 Å². The number of thiazole rings is 1. The van der Waals surface area contributed by atoms with Crippen LogP contribution < -0.4 is 10.1 Å². The normalized spacial score (nSPS) is 12.6. The van der Waals surface area contributed by atoms with Gasteiger partial charge in [0.05, 0.1) is 5.69 Å². The van der Waals surface area contributed by atoms with Crippen molar-refractivity contribution >= 4 is 11.3 Å². The predicted molar refractivity (Wildman–Crippen MR) is 88.8 cm³/mol. The zero-order valence-corrected chi connectivity index (χ0v) is 14.0. The Labute approximate surface area is 131 Å². The summed E-state index contributed by atoms with van der Waals surface area (Å²) in [7, 11) is 0. The molecule has 114 valence electrons. The molecule has 0 amide bonds. The minimum Gasteiger partial charge on any atom is -0.486 e. The number of hydrogen-bond donors (Lipinski definition) is 1. The number of ether oxygens (including phenoxy) is 1. The van der Waals surface area contributed by atoms with Gasteiger partial charge >= 0.3 is 0 Å². The third kappa shape index (κ3) is 5.14. The molecule has 0 saturated carbocycles. The van der Waals surface area contributed by atoms with Crippen molar-refractivity contribution in [3.05, 3.63) is 45.9 Å². The van der Waals surface area contributed by atoms with Gasteiger partial charge in [-0.1, -0.05) is 31.5 Å². The molecule has 0 radical (unpaired) electrons. The molecule has 0 spiro atoms. The maximum Gasteiger partial charge on any atom is 0.140 e. The van der Waals surface area contributed by atoms with Crippen LogP contribution in [0.3, 0.4) is 0 Å². The molecule has 1 N–H and O–H groups in total. The summed E-state index contributed by atoms with van der Waals surface area (Å²) in [6, 6.07) is 8.60. The summed E-state index contributed by atoms with van der Waals surface area (Å²) >= 11 is 1.66. The van der Waals surface area contributed by atoms with Crippen molar-refractivity contribution < 1.29 is 4.74 Å². The van der Waals surface area contributed by atoms with Crippen LogP contribution in [0.4, 0.5) is 0 Å². The van der Waals surface area contributed by atoms with Gasteiger partial charge in [0.15, 0.2) is 0 Å². The number of benzene rings is 1. The van der Waals surface area contributed by atoms with Crippen molar-refractivity contribution in [2.45, 2.75) is 46.9 Å². The van der Waals surface area contributed by atoms with Gasteiger partial charge in [0.25, 0.3) is 0 Å². The van der Waals surface area contributed by atoms with E-state index in [1.165, 1.54) is 5.56 Å². The van der Waals surface area contributed by atoms with Crippen molar-refractivity contribution in [3.63, 3.8) is 0 Å². The molecule has 2 rings (SSSR count). The molecule has 0 fully saturated rings. The Kier molecular flexibility index (Phi) is 5.76. The van der Waals surface area contributed by atoms with E-state index in [1.807, 2.05) is 12.1 Å². The monoisotopic (exact) mass is 304 g/mol. The van der Waals surface area contributed by atoms with Gasteiger partial charge in [0.1, 0.15) is 17.4 Å². The van der Waals surface area contributed by atoms with E-state index in [4.69, 9.17) is 4.74 Å². The van der Waals surface area contributed by atoms with E-state index >= 15 is 0 Å². The minimum atomic E-state index is 0.499. The highest BCUT2D eigenvalue weighted by Gasteiger charge is 2.08. The molecule has 1 aromatic carbocycles. The van der Waals surface area contributed by atoms with Gasteiger partial charge in [-0.2, -0.15) is 0 Å². The Morgan fingerprint density at radius 1 is 1.19 bits per heavy atom. The molecular weight excluding hydrogens is 280 g/mol. The lowest BCUT2D eigenvalue weighted by atomic mass is 10.1. The van der Waals surface area contributed by atoms with Crippen LogP contribution in [0.1, 0.15) is 37.0 Å². The highest BCUT2D eigenvalue weighted by molar-refractivity contribution is 7.09. The number of hydrogen-bond acceptors (Lipinski definition) is 4. The van der Waals surface area contributed by atoms with Gasteiger partial charge in [-0.25, -0.2) is 4.98 Å². The summed E-state index contributed by atoms with van der Waals surface area (Å²) < 4.78 is 5.75. The number of aryl methyl sites for hydroxylation is 1. The third-order valence-corrected chi connectivity index (χ3v) is 4.46. The largest absolute Gasteiger partial charge is 0.486 e. The molecule has 1 heterocycles. The van der Waals surface area contributed by atoms with Crippen LogP contribution in [0.5, 0.6) is 5.75 Å². The second-order valence-corrected chi connectivity index (χ2v) is 6.69. The first-order valence-electron chi connectivity index (χ1n) is 7.40. The smallest absolute Gasteiger partial charge is 0.140 e. The van der Waals surface area contributed by atoms with Gasteiger partial charge in [0, 0.05) is 18.0 Å². The molecule has 0 aliphatic rings. The van der Waals surface area contributed by atoms with E-state index in [1.54, 1.807) is 11.3 Å². The first-order valence-corrected chi connectivity index (χ1v) is 8.28. The zero-order valence-electron chi connectivity index (χ0n) is 13.2. The molecule has 4 heteroatoms. The Morgan fingerprint density at radius 2 is 1.90 bits per heavy atom. The summed E-state index contributed by atoms with van der Waals surface area (Å²) in [6.45, 7) is 10.1. The van der Waals surface area contributed by atoms with Crippen molar-refractivity contribution in [2.24, 2.45) is 5.92 Å². The Bertz CT molecular complexity index is 548. The quantitative estimate of drug-likeness (QED) is 0.834. The van der Waals surface area contributed by atoms with Gasteiger partial charge in [-0.05, 0) is 31.9 Å². The molecule has 0 saturated heterocycles. The van der Waals surface area contributed by atoms with Crippen LogP contribution in [0, 0.1) is 12.8 Å². The Morgan fingerprint density at radius 3 is 2.57 bits per heavy atom. The topological polar surface area (TPSA) is 34.1 Å². The first-order chi connectivity index (χ1) is 10.0. The number of nitrogens with one attached hydrogen (secondary N) is 1. The SMILES string of the molecule is Cc1ccc(OCc2nc(CNC(C)C(C)C)cs2)cc1. The van der Waals surface area contributed by atoms with Crippen molar-refractivity contribution in [1.82, 2.24) is 10.3 Å². The lowest BCUT2D eigenvalue weighted by Gasteiger charge is -2.16. The molecule has 0 aliphatic carbocycles. The Hall–Kier alpha value is -1.39. The number of rotatable bonds is 7. The molecule has 2 aromatic rings. The molecular formula is C17H24N2OS. The Balaban J connectivity index is 1.81. The summed E-state index contributed by atoms with van der Waals surface area (Å²) in [5, 5.41) is 6.62. The molecule has 21 heavy (non-hydrogen) atoms. The number of nitrogens with zero attached hydrogens (tertiary/aromatic N) is 1. The average Bonchev–Trinajstić information content (AvgIpc) is 2.92. The van der Waals surface area contributed by atoms with E-state index in [2.05, 4.69) is 55.5 Å². The first kappa shape index (κ1) is 16.0. The van der Waals surface area contributed by atoms with Crippen LogP contribution in [-0.4, -0.2) is 11.0 Å². The van der Waals surface area contributed by atoms with Crippen LogP contribution in [-0.2, 0) is 13.2 Å². The maximum absolute atomic E-state index is 5.75. The van der Waals surface area contributed by atoms with Crippen LogP contribution in [0.15, 0.2) is 29.6 Å². The predicted octanol–water partition coefficient (Wildman–Crippen LogP) is 4.16. The lowest BCUT2D eigenvalue weighted by Crippen LogP contribution is -2.30. The molecule has 3 nitrogen and oxygen atoms in total. The van der Waals surface area contributed by atoms with Crippen molar-refractivity contribution in [1.29, 1.82) is 0 Å². The average molecular weight is 304 g/mol.